The summed E-state index contributed by atoms with van der Waals surface area (Å²) in [6.07, 6.45) is 2.69. The van der Waals surface area contributed by atoms with Crippen molar-refractivity contribution in [3.05, 3.63) is 0 Å². The highest BCUT2D eigenvalue weighted by Gasteiger charge is 2.60. The molecule has 28 rings (SSSR count). The van der Waals surface area contributed by atoms with Crippen LogP contribution in [0.3, 0.4) is 0 Å². The molecule has 16 bridgehead atoms. The average Bonchev–Trinajstić information content (AvgIpc) is 1.59. The van der Waals surface area contributed by atoms with E-state index >= 15 is 0 Å². The van der Waals surface area contributed by atoms with E-state index in [0.29, 0.717) is 182 Å². The van der Waals surface area contributed by atoms with Crippen LogP contribution in [0.4, 0.5) is 52.7 Å². The molecule has 0 radical (unpaired) electrons. The van der Waals surface area contributed by atoms with Crippen molar-refractivity contribution >= 4 is 5.97 Å². The van der Waals surface area contributed by atoms with Gasteiger partial charge in [-0.1, -0.05) is 6.42 Å². The van der Waals surface area contributed by atoms with E-state index in [4.69, 9.17) is 95.3 Å². The van der Waals surface area contributed by atoms with Crippen LogP contribution in [-0.2, 0) is 104 Å². The fourth-order valence-electron chi connectivity index (χ4n) is 20.0. The summed E-state index contributed by atoms with van der Waals surface area (Å²) in [4.78, 5) is 10.8. The Bertz CT molecular complexity index is 3360. The van der Waals surface area contributed by atoms with Crippen LogP contribution < -0.4 is 79.8 Å². The second kappa shape index (κ2) is 56.5. The number of nitrogens with one attached hydrogen (secondary N) is 15. The van der Waals surface area contributed by atoms with Gasteiger partial charge in [-0.3, -0.25) is 10.1 Å². The minimum Gasteiger partial charge on any atom is -0.468 e. The molecule has 38 nitrogen and oxygen atoms in total. The van der Waals surface area contributed by atoms with Crippen LogP contribution in [-0.4, -0.2) is 502 Å². The summed E-state index contributed by atoms with van der Waals surface area (Å²) in [6.45, 7) is 26.8. The molecule has 1 aliphatic carbocycles. The smallest absolute Gasteiger partial charge is 0.406 e. The fourth-order valence-corrected chi connectivity index (χ4v) is 20.0. The highest BCUT2D eigenvalue weighted by molar-refractivity contribution is 5.75. The molecule has 2 spiro atoms. The molecule has 28 aliphatic rings. The number of nitrogens with zero attached hydrogens (tertiary/aromatic N) is 1. The van der Waals surface area contributed by atoms with Crippen molar-refractivity contribution in [1.29, 1.82) is 5.26 Å². The topological polar surface area (TPSA) is 425 Å². The summed E-state index contributed by atoms with van der Waals surface area (Å²) >= 11 is 0. The van der Waals surface area contributed by atoms with Gasteiger partial charge >= 0.3 is 12.1 Å². The Morgan fingerprint density at radius 3 is 1.16 bits per heavy atom. The van der Waals surface area contributed by atoms with Crippen molar-refractivity contribution in [2.45, 2.75) is 276 Å². The van der Waals surface area contributed by atoms with Crippen molar-refractivity contribution in [2.24, 2.45) is 0 Å². The molecule has 27 unspecified atom stereocenters. The van der Waals surface area contributed by atoms with Gasteiger partial charge in [0.25, 0.3) is 18.3 Å². The molecule has 0 amide bonds. The summed E-state index contributed by atoms with van der Waals surface area (Å²) in [5.41, 5.74) is 0.663. The van der Waals surface area contributed by atoms with Crippen LogP contribution in [0.1, 0.15) is 64.2 Å². The molecule has 27 saturated heterocycles. The first-order chi connectivity index (χ1) is 67.8. The average molecular weight is 2040 g/mol. The molecule has 27 heterocycles. The van der Waals surface area contributed by atoms with Crippen LogP contribution in [0.2, 0.25) is 0 Å². The lowest BCUT2D eigenvalue weighted by Gasteiger charge is -2.44. The van der Waals surface area contributed by atoms with E-state index < -0.39 is 67.0 Å². The van der Waals surface area contributed by atoms with Gasteiger partial charge in [-0.05, 0) is 38.5 Å². The van der Waals surface area contributed by atoms with Crippen LogP contribution in [0.15, 0.2) is 0 Å². The maximum absolute atomic E-state index is 12.8. The number of rotatable bonds is 3. The number of morpholine rings is 18. The second-order valence-electron chi connectivity index (χ2n) is 39.8. The number of ether oxygens (including phenoxy) is 21. The quantitative estimate of drug-likeness (QED) is 0.0836. The molecular weight excluding hydrogens is 1890 g/mol. The molecule has 0 aromatic rings. The van der Waals surface area contributed by atoms with Gasteiger partial charge in [-0.15, -0.1) is 0 Å². The zero-order valence-corrected chi connectivity index (χ0v) is 80.1. The van der Waals surface area contributed by atoms with Gasteiger partial charge < -0.3 is 174 Å². The van der Waals surface area contributed by atoms with Crippen molar-refractivity contribution < 1.29 is 157 Å². The van der Waals surface area contributed by atoms with E-state index in [1.54, 1.807) is 0 Å². The Hall–Kier alpha value is -3.28. The lowest BCUT2D eigenvalue weighted by atomic mass is 9.94. The SMILES string of the molecule is C1CC2COCC(C1)N2.C1COCC2(CC2)N1.C1COCC2(COC2)N1.C1OCC2CC3OC3CC1N2.C1OCC2COCC1N2.C1OCC2NC1C1OC21.C1OCC2NC1C1OC21.COC(=O)C1COCCN1.FC(F)(F)C1COCCN1.FC(F)C1COCCN1.FC1(F)CC2COCC(C1)N2.FC1(F)CC2COCC1N2.FC1C2COCC(N2)C1F.FCC1COCCN1.N#CC1COCCN1. The van der Waals surface area contributed by atoms with Crippen molar-refractivity contribution in [3.8, 4) is 6.07 Å². The summed E-state index contributed by atoms with van der Waals surface area (Å²) < 4.78 is 255. The Morgan fingerprint density at radius 2 is 0.821 bits per heavy atom. The second-order valence-corrected chi connectivity index (χ2v) is 39.8. The number of esters is 1. The lowest BCUT2D eigenvalue weighted by Crippen LogP contribution is -2.66. The van der Waals surface area contributed by atoms with Gasteiger partial charge in [0.05, 0.1) is 322 Å². The molecular formula is C90H152F12N16O22. The molecule has 50 heteroatoms. The largest absolute Gasteiger partial charge is 0.468 e. The summed E-state index contributed by atoms with van der Waals surface area (Å²) in [6, 6.07) is 2.95. The summed E-state index contributed by atoms with van der Waals surface area (Å²) in [7, 11) is 1.37. The van der Waals surface area contributed by atoms with Gasteiger partial charge in [0.2, 0.25) is 0 Å². The molecule has 0 aromatic heterocycles. The molecule has 0 aromatic carbocycles. The van der Waals surface area contributed by atoms with Gasteiger partial charge in [0.1, 0.15) is 49.2 Å². The zero-order valence-electron chi connectivity index (χ0n) is 80.1. The molecule has 808 valence electrons. The third kappa shape index (κ3) is 36.6. The number of carbonyl (C=O) groups excluding carboxylic acids is 1. The Kier molecular flexibility index (Phi) is 45.4. The number of methoxy groups -OCH3 is 1. The van der Waals surface area contributed by atoms with Crippen LogP contribution in [0.5, 0.6) is 0 Å². The third-order valence-electron chi connectivity index (χ3n) is 28.0. The minimum absolute atomic E-state index is 0.0521. The molecule has 27 aliphatic heterocycles. The highest BCUT2D eigenvalue weighted by Crippen LogP contribution is 2.41. The molecule has 140 heavy (non-hydrogen) atoms. The standard InChI is InChI=1S/C8H13NO2.C7H11F2NO.C7H13NO.2C6H9F2NO.C6H11NO3.2C6H9NO2.2C6H11NO2.C6H11NO.C5H8F3NO.C5H9F2NO.C5H10FNO.C5H8N2O/c1-5-3-10-4-6(9-5)2-8-7(1)11-8;8-7(9)1-5-3-11-4-6(2-7)10-5;1-2-6-4-9-5-7(3-1)8-6;7-6(8)1-4-2-10-3-5(6)9-4;7-5-3-1-10-2-4(9-3)6(5)8;1-9-6(8)5-4-10-3-2-7-5;2*1-3-5-6(9-5)4(7-3)2-8-1;1-5-2-9-4-6(7-5)3-8-1;1-2-8-3-6(7-1)4-9-5-6;1-2-6(1)5-8-4-3-7-6;6-5(7,8)4-3-10-2-1-9-4;6-5(7)4-3-9-2-1-8-4;2*6-3-5-4-8-2-1-7-5/h5-9H,1-4H2;5-6,10H,1-4H2;6-8H,1-5H2;4-5,9H,1-3H2;3-6,9H,1-2H2;5,7H,2-4H2,1H3;2*3-7H,1-2H2;5-7H,1-4H2;7H,1-5H2;7H,1-5H2;4,9H,1-3H2;4-5,8H,1-3H2;5,7H,1-4H2;5,7H,1-2,4H2. The number of hydrogen-bond acceptors (Lipinski definition) is 38. The predicted octanol–water partition coefficient (Wildman–Crippen LogP) is -1.88. The summed E-state index contributed by atoms with van der Waals surface area (Å²) in [5.74, 6) is -5.26. The van der Waals surface area contributed by atoms with E-state index in [9.17, 15) is 57.5 Å². The number of carbonyl (C=O) groups is 1. The monoisotopic (exact) mass is 2040 g/mol. The first kappa shape index (κ1) is 112. The first-order valence-corrected chi connectivity index (χ1v) is 50.2. The van der Waals surface area contributed by atoms with E-state index in [-0.39, 0.29) is 100 Å². The number of epoxide rings is 3. The number of nitriles is 1. The van der Waals surface area contributed by atoms with Gasteiger partial charge in [0, 0.05) is 113 Å². The first-order valence-electron chi connectivity index (χ1n) is 50.2. The number of fused-ring (bicyclic) bond motifs is 23. The Balaban J connectivity index is 0.000000120. The number of halogens is 12. The minimum atomic E-state index is -4.17. The van der Waals surface area contributed by atoms with Crippen molar-refractivity contribution in [3.63, 3.8) is 0 Å². The summed E-state index contributed by atoms with van der Waals surface area (Å²) in [5, 5.41) is 55.1. The van der Waals surface area contributed by atoms with E-state index in [0.717, 1.165) is 178 Å². The van der Waals surface area contributed by atoms with Gasteiger partial charge in [0.15, 0.2) is 12.3 Å². The zero-order chi connectivity index (χ0) is 98.3. The molecule has 28 fully saturated rings. The van der Waals surface area contributed by atoms with E-state index in [1.807, 2.05) is 0 Å². The Morgan fingerprint density at radius 1 is 0.407 bits per heavy atom. The number of piperidine rings is 2. The van der Waals surface area contributed by atoms with Gasteiger partial charge in [-0.25, -0.2) is 39.5 Å². The van der Waals surface area contributed by atoms with Gasteiger partial charge in [-0.2, -0.15) is 18.4 Å². The van der Waals surface area contributed by atoms with Crippen molar-refractivity contribution in [2.75, 3.05) is 284 Å². The number of alkyl halides is 12. The third-order valence-corrected chi connectivity index (χ3v) is 28.0. The van der Waals surface area contributed by atoms with Crippen LogP contribution >= 0.6 is 0 Å². The van der Waals surface area contributed by atoms with Crippen molar-refractivity contribution in [1.82, 2.24) is 79.8 Å². The highest BCUT2D eigenvalue weighted by atomic mass is 19.4. The maximum Gasteiger partial charge on any atom is 0.406 e. The Labute approximate surface area is 810 Å². The lowest BCUT2D eigenvalue weighted by molar-refractivity contribution is -0.176. The fraction of sp³-hybridized carbons (Fsp3) is 0.978. The maximum atomic E-state index is 12.8. The molecule has 1 saturated carbocycles. The molecule has 15 N–H and O–H groups in total. The molecule has 27 atom stereocenters. The van der Waals surface area contributed by atoms with E-state index in [2.05, 4.69) is 95.3 Å². The number of hydrogen-bond donors (Lipinski definition) is 15. The van der Waals surface area contributed by atoms with Crippen LogP contribution in [0, 0.1) is 11.3 Å². The normalized spacial score (nSPS) is 41.0. The predicted molar refractivity (Wildman–Crippen MR) is 478 cm³/mol. The van der Waals surface area contributed by atoms with E-state index in [1.165, 1.54) is 39.2 Å². The van der Waals surface area contributed by atoms with Crippen LogP contribution in [0.25, 0.3) is 0 Å².